The summed E-state index contributed by atoms with van der Waals surface area (Å²) < 4.78 is 5.82. The molecule has 3 aromatic carbocycles. The van der Waals surface area contributed by atoms with Gasteiger partial charge in [0, 0.05) is 29.6 Å². The maximum Gasteiger partial charge on any atom is 0.329 e. The summed E-state index contributed by atoms with van der Waals surface area (Å²) in [5.41, 5.74) is 4.70. The highest BCUT2D eigenvalue weighted by Crippen LogP contribution is 2.42. The minimum Gasteiger partial charge on any atom is -0.459 e. The van der Waals surface area contributed by atoms with Gasteiger partial charge in [-0.1, -0.05) is 78.9 Å². The Hall–Kier alpha value is -3.90. The number of nitrogens with zero attached hydrogens (tertiary/aromatic N) is 2. The van der Waals surface area contributed by atoms with Crippen molar-refractivity contribution in [3.05, 3.63) is 107 Å². The molecule has 6 rings (SSSR count). The highest BCUT2D eigenvalue weighted by atomic mass is 16.5. The number of benzene rings is 3. The van der Waals surface area contributed by atoms with Crippen molar-refractivity contribution in [2.24, 2.45) is 0 Å². The first-order valence-electron chi connectivity index (χ1n) is 12.9. The molecule has 188 valence electrons. The van der Waals surface area contributed by atoms with Gasteiger partial charge in [0.05, 0.1) is 11.7 Å². The number of H-pyrrole nitrogens is 1. The molecule has 2 atom stereocenters. The highest BCUT2D eigenvalue weighted by Gasteiger charge is 2.56. The molecule has 4 aromatic rings. The molecule has 0 aliphatic carbocycles. The lowest BCUT2D eigenvalue weighted by Gasteiger charge is -2.42. The summed E-state index contributed by atoms with van der Waals surface area (Å²) in [6.45, 7) is 4.89. The van der Waals surface area contributed by atoms with E-state index in [2.05, 4.69) is 22.0 Å². The van der Waals surface area contributed by atoms with Crippen LogP contribution in [0.25, 0.3) is 10.9 Å². The van der Waals surface area contributed by atoms with E-state index in [4.69, 9.17) is 4.74 Å². The first-order valence-corrected chi connectivity index (χ1v) is 12.9. The molecule has 1 aromatic heterocycles. The summed E-state index contributed by atoms with van der Waals surface area (Å²) in [4.78, 5) is 35.3. The predicted octanol–water partition coefficient (Wildman–Crippen LogP) is 4.83. The monoisotopic (exact) mass is 493 g/mol. The maximum absolute atomic E-state index is 14.1. The molecule has 1 fully saturated rings. The first-order chi connectivity index (χ1) is 17.9. The number of para-hydroxylation sites is 1. The number of aromatic nitrogens is 1. The molecule has 0 unspecified atom stereocenters. The number of fused-ring (bicyclic) bond motifs is 4. The van der Waals surface area contributed by atoms with Gasteiger partial charge in [-0.05, 0) is 43.0 Å². The average Bonchev–Trinajstić information content (AvgIpc) is 3.37. The smallest absolute Gasteiger partial charge is 0.329 e. The minimum absolute atomic E-state index is 0.0153. The van der Waals surface area contributed by atoms with Crippen LogP contribution >= 0.6 is 0 Å². The summed E-state index contributed by atoms with van der Waals surface area (Å²) in [6, 6.07) is 26.7. The Balaban J connectivity index is 1.32. The number of nitrogens with one attached hydrogen (secondary N) is 1. The standard InChI is InChI=1S/C31H31N3O3/c1-31(2)33-19-26-24(23-15-9-10-16-25(23)32-26)18-27(33)29(35)34(31)28(17-21-11-5-3-6-12-21)30(36)37-20-22-13-7-4-8-14-22/h3-16,27-28,32H,17-20H2,1-2H3/t27-,28-/m0/s1. The molecule has 1 saturated heterocycles. The zero-order valence-corrected chi connectivity index (χ0v) is 21.2. The second kappa shape index (κ2) is 9.20. The Kier molecular flexibility index (Phi) is 5.84. The fourth-order valence-corrected chi connectivity index (χ4v) is 6.05. The van der Waals surface area contributed by atoms with E-state index in [1.54, 1.807) is 4.90 Å². The molecule has 0 radical (unpaired) electrons. The topological polar surface area (TPSA) is 65.6 Å². The molecule has 2 aliphatic heterocycles. The van der Waals surface area contributed by atoms with Gasteiger partial charge >= 0.3 is 5.97 Å². The molecule has 6 nitrogen and oxygen atoms in total. The largest absolute Gasteiger partial charge is 0.459 e. The Morgan fingerprint density at radius 3 is 2.35 bits per heavy atom. The van der Waals surface area contributed by atoms with Crippen LogP contribution in [-0.4, -0.2) is 44.4 Å². The predicted molar refractivity (Wildman–Crippen MR) is 142 cm³/mol. The molecule has 0 spiro atoms. The van der Waals surface area contributed by atoms with Gasteiger partial charge in [0.2, 0.25) is 5.91 Å². The van der Waals surface area contributed by atoms with E-state index in [9.17, 15) is 9.59 Å². The van der Waals surface area contributed by atoms with Gasteiger partial charge in [-0.2, -0.15) is 0 Å². The average molecular weight is 494 g/mol. The van der Waals surface area contributed by atoms with Crippen LogP contribution < -0.4 is 0 Å². The van der Waals surface area contributed by atoms with Crippen molar-refractivity contribution >= 4 is 22.8 Å². The quantitative estimate of drug-likeness (QED) is 0.391. The van der Waals surface area contributed by atoms with Crippen LogP contribution in [0.5, 0.6) is 0 Å². The molecule has 1 N–H and O–H groups in total. The number of carbonyl (C=O) groups excluding carboxylic acids is 2. The number of carbonyl (C=O) groups is 2. The molecule has 1 amide bonds. The van der Waals surface area contributed by atoms with E-state index in [1.165, 1.54) is 10.9 Å². The summed E-state index contributed by atoms with van der Waals surface area (Å²) in [5, 5.41) is 1.17. The maximum atomic E-state index is 14.1. The van der Waals surface area contributed by atoms with Gasteiger partial charge in [-0.25, -0.2) is 4.79 Å². The van der Waals surface area contributed by atoms with Crippen molar-refractivity contribution in [1.29, 1.82) is 0 Å². The van der Waals surface area contributed by atoms with E-state index >= 15 is 0 Å². The van der Waals surface area contributed by atoms with Crippen molar-refractivity contribution in [3.63, 3.8) is 0 Å². The Morgan fingerprint density at radius 2 is 1.62 bits per heavy atom. The molecule has 37 heavy (non-hydrogen) atoms. The van der Waals surface area contributed by atoms with Gasteiger partial charge in [0.15, 0.2) is 0 Å². The lowest BCUT2D eigenvalue weighted by molar-refractivity contribution is -0.159. The van der Waals surface area contributed by atoms with Crippen molar-refractivity contribution in [2.75, 3.05) is 0 Å². The van der Waals surface area contributed by atoms with E-state index < -0.39 is 11.7 Å². The molecule has 2 aliphatic rings. The van der Waals surface area contributed by atoms with Crippen LogP contribution in [0, 0.1) is 0 Å². The number of aromatic amines is 1. The lowest BCUT2D eigenvalue weighted by atomic mass is 9.96. The number of ether oxygens (including phenoxy) is 1. The van der Waals surface area contributed by atoms with Crippen LogP contribution in [0.4, 0.5) is 0 Å². The second-order valence-electron chi connectivity index (χ2n) is 10.5. The van der Waals surface area contributed by atoms with Gasteiger partial charge in [-0.3, -0.25) is 9.69 Å². The molecule has 3 heterocycles. The van der Waals surface area contributed by atoms with Crippen molar-refractivity contribution in [1.82, 2.24) is 14.8 Å². The number of esters is 1. The molecule has 6 heteroatoms. The van der Waals surface area contributed by atoms with Crippen LogP contribution in [0.1, 0.15) is 36.2 Å². The van der Waals surface area contributed by atoms with Gasteiger partial charge < -0.3 is 14.6 Å². The van der Waals surface area contributed by atoms with Gasteiger partial charge in [0.1, 0.15) is 12.6 Å². The summed E-state index contributed by atoms with van der Waals surface area (Å²) in [7, 11) is 0. The molecule has 0 bridgehead atoms. The third-order valence-electron chi connectivity index (χ3n) is 7.90. The number of rotatable bonds is 6. The van der Waals surface area contributed by atoms with Crippen LogP contribution in [0.15, 0.2) is 84.9 Å². The third-order valence-corrected chi connectivity index (χ3v) is 7.90. The number of amides is 1. The van der Waals surface area contributed by atoms with Crippen molar-refractivity contribution in [3.8, 4) is 0 Å². The van der Waals surface area contributed by atoms with Crippen molar-refractivity contribution in [2.45, 2.75) is 57.6 Å². The molecular weight excluding hydrogens is 462 g/mol. The second-order valence-corrected chi connectivity index (χ2v) is 10.5. The summed E-state index contributed by atoms with van der Waals surface area (Å²) >= 11 is 0. The van der Waals surface area contributed by atoms with E-state index in [0.717, 1.165) is 22.3 Å². The first kappa shape index (κ1) is 23.5. The highest BCUT2D eigenvalue weighted by molar-refractivity contribution is 5.92. The Labute approximate surface area is 216 Å². The molecule has 0 saturated carbocycles. The van der Waals surface area contributed by atoms with Crippen LogP contribution in [0.3, 0.4) is 0 Å². The zero-order valence-electron chi connectivity index (χ0n) is 21.2. The Morgan fingerprint density at radius 1 is 0.973 bits per heavy atom. The number of hydrogen-bond donors (Lipinski definition) is 1. The third kappa shape index (κ3) is 4.11. The van der Waals surface area contributed by atoms with Gasteiger partial charge in [0.25, 0.3) is 0 Å². The SMILES string of the molecule is CC1(C)N2Cc3[nH]c4ccccc4c3C[C@H]2C(=O)N1[C@@H](Cc1ccccc1)C(=O)OCc1ccccc1. The fourth-order valence-electron chi connectivity index (χ4n) is 6.05. The molecular formula is C31H31N3O3. The number of hydrogen-bond acceptors (Lipinski definition) is 4. The van der Waals surface area contributed by atoms with Crippen LogP contribution in [0.2, 0.25) is 0 Å². The van der Waals surface area contributed by atoms with Crippen molar-refractivity contribution < 1.29 is 14.3 Å². The summed E-state index contributed by atoms with van der Waals surface area (Å²) in [6.07, 6.45) is 1.02. The Bertz CT molecular complexity index is 1440. The van der Waals surface area contributed by atoms with E-state index in [0.29, 0.717) is 19.4 Å². The normalized spacial score (nSPS) is 19.5. The van der Waals surface area contributed by atoms with E-state index in [1.807, 2.05) is 86.6 Å². The van der Waals surface area contributed by atoms with Crippen LogP contribution in [-0.2, 0) is 40.3 Å². The van der Waals surface area contributed by atoms with E-state index in [-0.39, 0.29) is 24.5 Å². The summed E-state index contributed by atoms with van der Waals surface area (Å²) in [5.74, 6) is -0.392. The lowest BCUT2D eigenvalue weighted by Crippen LogP contribution is -2.57. The zero-order chi connectivity index (χ0) is 25.6. The van der Waals surface area contributed by atoms with Gasteiger partial charge in [-0.15, -0.1) is 0 Å². The minimum atomic E-state index is -0.728. The fraction of sp³-hybridized carbons (Fsp3) is 0.290.